The van der Waals surface area contributed by atoms with Crippen molar-refractivity contribution < 1.29 is 4.79 Å². The lowest BCUT2D eigenvalue weighted by molar-refractivity contribution is 0.102. The summed E-state index contributed by atoms with van der Waals surface area (Å²) >= 11 is 1.62. The van der Waals surface area contributed by atoms with Gasteiger partial charge in [-0.05, 0) is 48.9 Å². The molecule has 0 atom stereocenters. The number of carbonyl (C=O) groups is 1. The van der Waals surface area contributed by atoms with Crippen molar-refractivity contribution in [2.24, 2.45) is 0 Å². The highest BCUT2D eigenvalue weighted by molar-refractivity contribution is 7.98. The van der Waals surface area contributed by atoms with E-state index in [1.165, 1.54) is 0 Å². The molecule has 0 aliphatic heterocycles. The van der Waals surface area contributed by atoms with E-state index < -0.39 is 0 Å². The molecule has 0 bridgehead atoms. The van der Waals surface area contributed by atoms with Gasteiger partial charge in [-0.25, -0.2) is 0 Å². The summed E-state index contributed by atoms with van der Waals surface area (Å²) in [4.78, 5) is 12.4. The molecule has 0 aliphatic rings. The highest BCUT2D eigenvalue weighted by Crippen LogP contribution is 2.22. The maximum atomic E-state index is 12.4. The largest absolute Gasteiger partial charge is 0.322 e. The number of rotatable bonds is 5. The number of aryl methyl sites for hydroxylation is 1. The van der Waals surface area contributed by atoms with E-state index in [4.69, 9.17) is 0 Å². The molecule has 4 rings (SSSR count). The van der Waals surface area contributed by atoms with Gasteiger partial charge in [-0.3, -0.25) is 9.20 Å². The Morgan fingerprint density at radius 2 is 1.78 bits per heavy atom. The summed E-state index contributed by atoms with van der Waals surface area (Å²) in [5.41, 5.74) is 4.55. The van der Waals surface area contributed by atoms with Gasteiger partial charge in [0, 0.05) is 23.2 Å². The van der Waals surface area contributed by atoms with Crippen molar-refractivity contribution in [2.45, 2.75) is 17.8 Å². The van der Waals surface area contributed by atoms with Crippen LogP contribution in [0.25, 0.3) is 5.65 Å². The predicted molar refractivity (Wildman–Crippen MR) is 108 cm³/mol. The SMILES string of the molecule is Cc1ccc(NC(=O)c2ccc(CSc3nnc4ccccn34)cc2)cc1. The van der Waals surface area contributed by atoms with Crippen molar-refractivity contribution in [1.29, 1.82) is 0 Å². The summed E-state index contributed by atoms with van der Waals surface area (Å²) in [5.74, 6) is 0.650. The van der Waals surface area contributed by atoms with Gasteiger partial charge in [0.1, 0.15) is 0 Å². The summed E-state index contributed by atoms with van der Waals surface area (Å²) in [6.07, 6.45) is 1.95. The second kappa shape index (κ2) is 7.63. The van der Waals surface area contributed by atoms with Crippen LogP contribution in [0.3, 0.4) is 0 Å². The average Bonchev–Trinajstić information content (AvgIpc) is 3.12. The lowest BCUT2D eigenvalue weighted by Gasteiger charge is -2.07. The fraction of sp³-hybridized carbons (Fsp3) is 0.0952. The average molecular weight is 374 g/mol. The molecular formula is C21H18N4OS. The maximum Gasteiger partial charge on any atom is 0.255 e. The number of aromatic nitrogens is 3. The van der Waals surface area contributed by atoms with Crippen LogP contribution in [0.2, 0.25) is 0 Å². The van der Waals surface area contributed by atoms with Gasteiger partial charge in [-0.15, -0.1) is 10.2 Å². The second-order valence-corrected chi connectivity index (χ2v) is 7.16. The number of benzene rings is 2. The zero-order valence-electron chi connectivity index (χ0n) is 14.8. The van der Waals surface area contributed by atoms with Crippen LogP contribution in [0, 0.1) is 6.92 Å². The Morgan fingerprint density at radius 1 is 1.00 bits per heavy atom. The molecule has 6 heteroatoms. The maximum absolute atomic E-state index is 12.4. The molecule has 1 N–H and O–H groups in total. The molecule has 134 valence electrons. The smallest absolute Gasteiger partial charge is 0.255 e. The Kier molecular flexibility index (Phi) is 4.89. The predicted octanol–water partition coefficient (Wildman–Crippen LogP) is 4.58. The van der Waals surface area contributed by atoms with Crippen LogP contribution >= 0.6 is 11.8 Å². The second-order valence-electron chi connectivity index (χ2n) is 6.22. The Labute approximate surface area is 161 Å². The van der Waals surface area contributed by atoms with Gasteiger partial charge in [0.15, 0.2) is 10.8 Å². The van der Waals surface area contributed by atoms with E-state index in [0.717, 1.165) is 33.4 Å². The van der Waals surface area contributed by atoms with Crippen molar-refractivity contribution in [3.05, 3.63) is 89.6 Å². The lowest BCUT2D eigenvalue weighted by Crippen LogP contribution is -2.11. The highest BCUT2D eigenvalue weighted by Gasteiger charge is 2.08. The van der Waals surface area contributed by atoms with Crippen molar-refractivity contribution in [2.75, 3.05) is 5.32 Å². The van der Waals surface area contributed by atoms with E-state index >= 15 is 0 Å². The molecule has 4 aromatic rings. The number of carbonyl (C=O) groups excluding carboxylic acids is 1. The monoisotopic (exact) mass is 374 g/mol. The summed E-state index contributed by atoms with van der Waals surface area (Å²) in [7, 11) is 0. The van der Waals surface area contributed by atoms with E-state index in [1.54, 1.807) is 11.8 Å². The fourth-order valence-electron chi connectivity index (χ4n) is 2.66. The molecule has 5 nitrogen and oxygen atoms in total. The number of pyridine rings is 1. The molecule has 0 fully saturated rings. The van der Waals surface area contributed by atoms with Crippen molar-refractivity contribution >= 4 is 29.0 Å². The number of amides is 1. The van der Waals surface area contributed by atoms with Crippen molar-refractivity contribution in [1.82, 2.24) is 14.6 Å². The number of hydrogen-bond donors (Lipinski definition) is 1. The van der Waals surface area contributed by atoms with E-state index in [9.17, 15) is 4.79 Å². The van der Waals surface area contributed by atoms with Gasteiger partial charge >= 0.3 is 0 Å². The van der Waals surface area contributed by atoms with Crippen LogP contribution in [0.1, 0.15) is 21.5 Å². The lowest BCUT2D eigenvalue weighted by atomic mass is 10.1. The molecule has 0 saturated carbocycles. The number of anilines is 1. The molecule has 2 aromatic heterocycles. The summed E-state index contributed by atoms with van der Waals surface area (Å²) in [5, 5.41) is 12.1. The molecule has 0 spiro atoms. The number of nitrogens with one attached hydrogen (secondary N) is 1. The summed E-state index contributed by atoms with van der Waals surface area (Å²) in [6, 6.07) is 21.2. The molecular weight excluding hydrogens is 356 g/mol. The molecule has 0 saturated heterocycles. The van der Waals surface area contributed by atoms with E-state index in [1.807, 2.05) is 84.3 Å². The van der Waals surface area contributed by atoms with Crippen LogP contribution < -0.4 is 5.32 Å². The molecule has 27 heavy (non-hydrogen) atoms. The van der Waals surface area contributed by atoms with Crippen LogP contribution in [-0.4, -0.2) is 20.5 Å². The van der Waals surface area contributed by atoms with Crippen LogP contribution in [-0.2, 0) is 5.75 Å². The van der Waals surface area contributed by atoms with Crippen LogP contribution in [0.15, 0.2) is 78.1 Å². The third-order valence-electron chi connectivity index (χ3n) is 4.18. The van der Waals surface area contributed by atoms with Gasteiger partial charge < -0.3 is 5.32 Å². The van der Waals surface area contributed by atoms with Gasteiger partial charge in [0.2, 0.25) is 0 Å². The molecule has 2 aromatic carbocycles. The normalized spacial score (nSPS) is 10.9. The minimum Gasteiger partial charge on any atom is -0.322 e. The number of nitrogens with zero attached hydrogens (tertiary/aromatic N) is 3. The van der Waals surface area contributed by atoms with Crippen molar-refractivity contribution in [3.63, 3.8) is 0 Å². The fourth-order valence-corrected chi connectivity index (χ4v) is 3.54. The van der Waals surface area contributed by atoms with Crippen LogP contribution in [0.5, 0.6) is 0 Å². The zero-order chi connectivity index (χ0) is 18.6. The molecule has 1 amide bonds. The van der Waals surface area contributed by atoms with Crippen LogP contribution in [0.4, 0.5) is 5.69 Å². The first-order valence-corrected chi connectivity index (χ1v) is 9.57. The van der Waals surface area contributed by atoms with Gasteiger partial charge in [-0.2, -0.15) is 0 Å². The molecule has 0 radical (unpaired) electrons. The third kappa shape index (κ3) is 4.01. The van der Waals surface area contributed by atoms with Gasteiger partial charge in [0.05, 0.1) is 0 Å². The number of hydrogen-bond acceptors (Lipinski definition) is 4. The summed E-state index contributed by atoms with van der Waals surface area (Å²) in [6.45, 7) is 2.02. The van der Waals surface area contributed by atoms with Crippen molar-refractivity contribution in [3.8, 4) is 0 Å². The Balaban J connectivity index is 1.39. The minimum absolute atomic E-state index is 0.110. The van der Waals surface area contributed by atoms with E-state index in [2.05, 4.69) is 15.5 Å². The number of fused-ring (bicyclic) bond motifs is 1. The third-order valence-corrected chi connectivity index (χ3v) is 5.19. The first kappa shape index (κ1) is 17.3. The highest BCUT2D eigenvalue weighted by atomic mass is 32.2. The topological polar surface area (TPSA) is 59.3 Å². The van der Waals surface area contributed by atoms with Gasteiger partial charge in [-0.1, -0.05) is 47.7 Å². The number of thioether (sulfide) groups is 1. The minimum atomic E-state index is -0.110. The standard InChI is InChI=1S/C21H18N4OS/c1-15-5-11-18(12-6-15)22-20(26)17-9-7-16(8-10-17)14-27-21-24-23-19-4-2-3-13-25(19)21/h2-13H,14H2,1H3,(H,22,26). The Morgan fingerprint density at radius 3 is 2.56 bits per heavy atom. The molecule has 0 unspecified atom stereocenters. The Bertz CT molecular complexity index is 1070. The molecule has 0 aliphatic carbocycles. The zero-order valence-corrected chi connectivity index (χ0v) is 15.6. The van der Waals surface area contributed by atoms with E-state index in [-0.39, 0.29) is 5.91 Å². The first-order chi connectivity index (χ1) is 13.2. The molecule has 2 heterocycles. The van der Waals surface area contributed by atoms with E-state index in [0.29, 0.717) is 5.56 Å². The Hall–Kier alpha value is -3.12. The quantitative estimate of drug-likeness (QED) is 0.519. The van der Waals surface area contributed by atoms with Gasteiger partial charge in [0.25, 0.3) is 5.91 Å². The first-order valence-electron chi connectivity index (χ1n) is 8.58. The summed E-state index contributed by atoms with van der Waals surface area (Å²) < 4.78 is 1.97.